The minimum Gasteiger partial charge on any atom is -0.477 e. The van der Waals surface area contributed by atoms with Gasteiger partial charge in [-0.1, -0.05) is 0 Å². The molecular formula is C7H5NO7S2. The van der Waals surface area contributed by atoms with E-state index in [1.54, 1.807) is 0 Å². The van der Waals surface area contributed by atoms with Crippen molar-refractivity contribution in [3.63, 3.8) is 0 Å². The van der Waals surface area contributed by atoms with Gasteiger partial charge in [-0.15, -0.1) is 0 Å². The van der Waals surface area contributed by atoms with Crippen molar-refractivity contribution in [1.29, 1.82) is 0 Å². The lowest BCUT2D eigenvalue weighted by Crippen LogP contribution is -2.03. The Morgan fingerprint density at radius 3 is 2.41 bits per heavy atom. The normalized spacial score (nSPS) is 11.1. The Morgan fingerprint density at radius 1 is 1.41 bits per heavy atom. The molecule has 17 heavy (non-hydrogen) atoms. The third kappa shape index (κ3) is 3.69. The standard InChI is InChI=1S/C7H5NO7S2/c9-7(10)5-3-4(16-17(13,14)15)1-2-6(5)8(11)12/h1-3H,(H,9,10)(H,13,14,15). The van der Waals surface area contributed by atoms with Crippen molar-refractivity contribution < 1.29 is 27.8 Å². The summed E-state index contributed by atoms with van der Waals surface area (Å²) in [6.45, 7) is 0. The number of benzene rings is 1. The minimum absolute atomic E-state index is 0.00542. The number of rotatable bonds is 4. The van der Waals surface area contributed by atoms with Gasteiger partial charge in [0.05, 0.1) is 4.92 Å². The van der Waals surface area contributed by atoms with Crippen LogP contribution >= 0.6 is 10.8 Å². The lowest BCUT2D eigenvalue weighted by molar-refractivity contribution is -0.385. The maximum Gasteiger partial charge on any atom is 0.342 e. The second-order valence-corrected chi connectivity index (χ2v) is 6.01. The Balaban J connectivity index is 3.28. The summed E-state index contributed by atoms with van der Waals surface area (Å²) in [5.74, 6) is -1.56. The number of hydrogen-bond acceptors (Lipinski definition) is 6. The molecule has 2 N–H and O–H groups in total. The van der Waals surface area contributed by atoms with Gasteiger partial charge in [-0.2, -0.15) is 8.42 Å². The predicted molar refractivity (Wildman–Crippen MR) is 57.5 cm³/mol. The van der Waals surface area contributed by atoms with E-state index in [0.717, 1.165) is 18.2 Å². The third-order valence-corrected chi connectivity index (χ3v) is 3.46. The first-order valence-corrected chi connectivity index (χ1v) is 6.66. The van der Waals surface area contributed by atoms with Gasteiger partial charge in [0.2, 0.25) is 0 Å². The van der Waals surface area contributed by atoms with Crippen LogP contribution in [0.25, 0.3) is 0 Å². The van der Waals surface area contributed by atoms with Crippen LogP contribution in [0, 0.1) is 10.1 Å². The summed E-state index contributed by atoms with van der Waals surface area (Å²) >= 11 is 0. The molecule has 0 saturated carbocycles. The summed E-state index contributed by atoms with van der Waals surface area (Å²) < 4.78 is 29.6. The molecular weight excluding hydrogens is 274 g/mol. The van der Waals surface area contributed by atoms with Gasteiger partial charge in [-0.3, -0.25) is 14.7 Å². The number of carboxylic acid groups (broad SMARTS) is 1. The second-order valence-electron chi connectivity index (χ2n) is 2.75. The molecule has 0 amide bonds. The monoisotopic (exact) mass is 279 g/mol. The van der Waals surface area contributed by atoms with Crippen LogP contribution in [-0.2, 0) is 9.15 Å². The molecule has 1 aromatic rings. The Kier molecular flexibility index (Phi) is 3.70. The highest BCUT2D eigenvalue weighted by atomic mass is 33.1. The smallest absolute Gasteiger partial charge is 0.342 e. The third-order valence-electron chi connectivity index (χ3n) is 1.60. The fraction of sp³-hybridized carbons (Fsp3) is 0. The lowest BCUT2D eigenvalue weighted by Gasteiger charge is -2.01. The van der Waals surface area contributed by atoms with Gasteiger partial charge in [0.25, 0.3) is 5.69 Å². The van der Waals surface area contributed by atoms with Gasteiger partial charge >= 0.3 is 15.1 Å². The molecule has 0 saturated heterocycles. The quantitative estimate of drug-likeness (QED) is 0.363. The molecule has 0 aliphatic rings. The van der Waals surface area contributed by atoms with Gasteiger partial charge in [0.15, 0.2) is 0 Å². The molecule has 0 radical (unpaired) electrons. The molecule has 10 heteroatoms. The fourth-order valence-electron chi connectivity index (χ4n) is 1.02. The summed E-state index contributed by atoms with van der Waals surface area (Å²) in [7, 11) is -4.40. The number of carboxylic acids is 1. The fourth-order valence-corrected chi connectivity index (χ4v) is 2.59. The Bertz CT molecular complexity index is 580. The predicted octanol–water partition coefficient (Wildman–Crippen LogP) is 1.19. The number of carbonyl (C=O) groups is 1. The topological polar surface area (TPSA) is 135 Å². The Labute approximate surface area is 98.6 Å². The van der Waals surface area contributed by atoms with E-state index < -0.39 is 31.3 Å². The van der Waals surface area contributed by atoms with Gasteiger partial charge in [-0.05, 0) is 12.1 Å². The summed E-state index contributed by atoms with van der Waals surface area (Å²) in [6, 6.07) is 2.69. The van der Waals surface area contributed by atoms with Crippen LogP contribution in [0.1, 0.15) is 10.4 Å². The first-order chi connectivity index (χ1) is 7.70. The average Bonchev–Trinajstić information content (AvgIpc) is 2.14. The van der Waals surface area contributed by atoms with Gasteiger partial charge in [-0.25, -0.2) is 4.79 Å². The van der Waals surface area contributed by atoms with Gasteiger partial charge < -0.3 is 5.11 Å². The van der Waals surface area contributed by atoms with Gasteiger partial charge in [0, 0.05) is 21.8 Å². The van der Waals surface area contributed by atoms with Crippen LogP contribution in [0.3, 0.4) is 0 Å². The number of nitro benzene ring substituents is 1. The SMILES string of the molecule is O=C(O)c1cc(SS(=O)(=O)O)ccc1[N+](=O)[O-]. The van der Waals surface area contributed by atoms with Crippen molar-refractivity contribution in [1.82, 2.24) is 0 Å². The molecule has 0 fully saturated rings. The summed E-state index contributed by atoms with van der Waals surface area (Å²) in [5.41, 5.74) is -1.30. The Morgan fingerprint density at radius 2 is 2.00 bits per heavy atom. The summed E-state index contributed by atoms with van der Waals surface area (Å²) in [4.78, 5) is 20.2. The minimum atomic E-state index is -4.40. The van der Waals surface area contributed by atoms with E-state index in [-0.39, 0.29) is 15.7 Å². The zero-order valence-electron chi connectivity index (χ0n) is 7.93. The van der Waals surface area contributed by atoms with Crippen LogP contribution in [0.5, 0.6) is 0 Å². The van der Waals surface area contributed by atoms with Crippen molar-refractivity contribution in [2.24, 2.45) is 0 Å². The van der Waals surface area contributed by atoms with Crippen LogP contribution in [0.4, 0.5) is 5.69 Å². The highest BCUT2D eigenvalue weighted by Gasteiger charge is 2.21. The number of nitro groups is 1. The van der Waals surface area contributed by atoms with Crippen LogP contribution in [0.2, 0.25) is 0 Å². The molecule has 0 aliphatic heterocycles. The Hall–Kier alpha value is -1.65. The summed E-state index contributed by atoms with van der Waals surface area (Å²) in [6.07, 6.45) is 0. The highest BCUT2D eigenvalue weighted by Crippen LogP contribution is 2.28. The first kappa shape index (κ1) is 13.4. The van der Waals surface area contributed by atoms with E-state index in [9.17, 15) is 23.3 Å². The van der Waals surface area contributed by atoms with E-state index in [4.69, 9.17) is 9.66 Å². The van der Waals surface area contributed by atoms with E-state index in [0.29, 0.717) is 0 Å². The highest BCUT2D eigenvalue weighted by molar-refractivity contribution is 8.69. The molecule has 92 valence electrons. The number of nitrogens with zero attached hydrogens (tertiary/aromatic N) is 1. The van der Waals surface area contributed by atoms with Crippen LogP contribution in [-0.4, -0.2) is 29.0 Å². The van der Waals surface area contributed by atoms with E-state index >= 15 is 0 Å². The van der Waals surface area contributed by atoms with E-state index in [1.807, 2.05) is 0 Å². The van der Waals surface area contributed by atoms with Crippen molar-refractivity contribution in [3.8, 4) is 0 Å². The zero-order valence-corrected chi connectivity index (χ0v) is 9.56. The second kappa shape index (κ2) is 4.69. The van der Waals surface area contributed by atoms with Gasteiger partial charge in [0.1, 0.15) is 5.56 Å². The molecule has 0 spiro atoms. The van der Waals surface area contributed by atoms with E-state index in [2.05, 4.69) is 0 Å². The number of hydrogen-bond donors (Lipinski definition) is 2. The number of aromatic carboxylic acids is 1. The maximum absolute atomic E-state index is 10.7. The molecule has 1 rings (SSSR count). The van der Waals surface area contributed by atoms with Crippen LogP contribution in [0.15, 0.2) is 23.1 Å². The largest absolute Gasteiger partial charge is 0.477 e. The zero-order chi connectivity index (χ0) is 13.2. The molecule has 0 unspecified atom stereocenters. The first-order valence-electron chi connectivity index (χ1n) is 3.89. The molecule has 0 atom stereocenters. The molecule has 0 bridgehead atoms. The molecule has 8 nitrogen and oxygen atoms in total. The molecule has 0 aromatic heterocycles. The lowest BCUT2D eigenvalue weighted by atomic mass is 10.2. The van der Waals surface area contributed by atoms with Crippen LogP contribution < -0.4 is 0 Å². The van der Waals surface area contributed by atoms with Crippen molar-refractivity contribution in [2.75, 3.05) is 0 Å². The van der Waals surface area contributed by atoms with Crippen molar-refractivity contribution in [3.05, 3.63) is 33.9 Å². The molecule has 0 heterocycles. The van der Waals surface area contributed by atoms with E-state index in [1.165, 1.54) is 0 Å². The van der Waals surface area contributed by atoms with Crippen molar-refractivity contribution in [2.45, 2.75) is 4.90 Å². The maximum atomic E-state index is 10.7. The molecule has 1 aromatic carbocycles. The van der Waals surface area contributed by atoms with Crippen molar-refractivity contribution >= 4 is 31.6 Å². The summed E-state index contributed by atoms with van der Waals surface area (Å²) in [5, 5.41) is 19.2. The average molecular weight is 279 g/mol. The molecule has 0 aliphatic carbocycles.